The number of carbonyl (C=O) groups excluding carboxylic acids is 2. The van der Waals surface area contributed by atoms with Crippen LogP contribution in [0.5, 0.6) is 5.75 Å². The molecule has 0 aliphatic carbocycles. The van der Waals surface area contributed by atoms with Crippen LogP contribution in [0.1, 0.15) is 16.1 Å². The van der Waals surface area contributed by atoms with Crippen LogP contribution in [0.25, 0.3) is 0 Å². The van der Waals surface area contributed by atoms with Crippen molar-refractivity contribution in [2.75, 3.05) is 12.0 Å². The van der Waals surface area contributed by atoms with Crippen molar-refractivity contribution < 1.29 is 32.3 Å². The number of esters is 1. The van der Waals surface area contributed by atoms with Gasteiger partial charge in [0.2, 0.25) is 0 Å². The van der Waals surface area contributed by atoms with E-state index >= 15 is 0 Å². The lowest BCUT2D eigenvalue weighted by molar-refractivity contribution is -0.137. The molecule has 2 aromatic carbocycles. The minimum absolute atomic E-state index is 0.00936. The molecule has 32 heavy (non-hydrogen) atoms. The van der Waals surface area contributed by atoms with Gasteiger partial charge >= 0.3 is 5.97 Å². The molecule has 1 aromatic heterocycles. The average Bonchev–Trinajstić information content (AvgIpc) is 3.27. The highest BCUT2D eigenvalue weighted by atomic mass is 32.2. The van der Waals surface area contributed by atoms with E-state index in [1.54, 1.807) is 30.3 Å². The summed E-state index contributed by atoms with van der Waals surface area (Å²) >= 11 is 0. The number of nitrogens with zero attached hydrogens (tertiary/aromatic N) is 2. The van der Waals surface area contributed by atoms with E-state index in [4.69, 9.17) is 9.15 Å². The molecule has 0 radical (unpaired) electrons. The summed E-state index contributed by atoms with van der Waals surface area (Å²) in [5.41, 5.74) is 0.500. The summed E-state index contributed by atoms with van der Waals surface area (Å²) < 4.78 is 37.9. The summed E-state index contributed by atoms with van der Waals surface area (Å²) in [5.74, 6) is -1.63. The number of rotatable bonds is 4. The van der Waals surface area contributed by atoms with Gasteiger partial charge in [-0.15, -0.1) is 0 Å². The maximum absolute atomic E-state index is 13.5. The number of amides is 1. The molecule has 0 saturated carbocycles. The van der Waals surface area contributed by atoms with Crippen molar-refractivity contribution in [2.45, 2.75) is 11.4 Å². The van der Waals surface area contributed by atoms with Crippen molar-refractivity contribution in [3.05, 3.63) is 90.1 Å². The molecule has 1 aliphatic rings. The lowest BCUT2D eigenvalue weighted by atomic mass is 10.1. The van der Waals surface area contributed by atoms with E-state index in [2.05, 4.69) is 0 Å². The minimum Gasteiger partial charge on any atom is -0.508 e. The second-order valence-electron chi connectivity index (χ2n) is 6.79. The Morgan fingerprint density at radius 3 is 2.41 bits per heavy atom. The fourth-order valence-electron chi connectivity index (χ4n) is 3.28. The molecule has 4 rings (SSSR count). The van der Waals surface area contributed by atoms with E-state index in [0.29, 0.717) is 11.3 Å². The molecule has 10 heteroatoms. The molecule has 0 bridgehead atoms. The van der Waals surface area contributed by atoms with Crippen LogP contribution in [-0.2, 0) is 26.1 Å². The van der Waals surface area contributed by atoms with E-state index in [1.807, 2.05) is 0 Å². The van der Waals surface area contributed by atoms with Crippen LogP contribution in [0.4, 0.5) is 5.69 Å². The summed E-state index contributed by atoms with van der Waals surface area (Å²) in [4.78, 5) is 26.8. The number of hydrogen-bond acceptors (Lipinski definition) is 7. The highest BCUT2D eigenvalue weighted by Gasteiger charge is 2.36. The van der Waals surface area contributed by atoms with Gasteiger partial charge in [-0.2, -0.15) is 0 Å². The Hall–Kier alpha value is -4.05. The molecule has 1 aliphatic heterocycles. The second-order valence-corrected chi connectivity index (χ2v) is 8.65. The van der Waals surface area contributed by atoms with Crippen molar-refractivity contribution in [3.8, 4) is 5.75 Å². The highest BCUT2D eigenvalue weighted by molar-refractivity contribution is 7.89. The van der Waals surface area contributed by atoms with E-state index in [0.717, 1.165) is 22.5 Å². The van der Waals surface area contributed by atoms with E-state index in [-0.39, 0.29) is 28.6 Å². The van der Waals surface area contributed by atoms with Crippen LogP contribution in [0.3, 0.4) is 0 Å². The number of hydrogen-bond donors (Lipinski definition) is 1. The number of methoxy groups -OCH3 is 1. The third kappa shape index (κ3) is 3.71. The van der Waals surface area contributed by atoms with E-state index in [1.165, 1.54) is 36.6 Å². The molecule has 1 N–H and O–H groups in total. The third-order valence-corrected chi connectivity index (χ3v) is 6.63. The number of sulfonamides is 1. The predicted octanol–water partition coefficient (Wildman–Crippen LogP) is 2.85. The molecule has 0 atom stereocenters. The standard InChI is InChI=1S/C22H18N2O7S/c1-30-22(27)19-14-23(21(26)20-7-4-12-31-20)18-6-3-2-5-15(18)13-24(19)32(28,29)17-10-8-16(25)9-11-17/h2-12,14,25H,13H2,1H3. The Labute approximate surface area is 183 Å². The number of ether oxygens (including phenoxy) is 1. The zero-order valence-electron chi connectivity index (χ0n) is 16.8. The molecule has 0 unspecified atom stereocenters. The third-order valence-electron chi connectivity index (χ3n) is 4.86. The number of phenols is 1. The van der Waals surface area contributed by atoms with Gasteiger partial charge in [0, 0.05) is 6.20 Å². The average molecular weight is 454 g/mol. The van der Waals surface area contributed by atoms with Crippen molar-refractivity contribution in [1.29, 1.82) is 0 Å². The second kappa shape index (κ2) is 8.23. The number of carbonyl (C=O) groups is 2. The van der Waals surface area contributed by atoms with Crippen LogP contribution < -0.4 is 4.90 Å². The Kier molecular flexibility index (Phi) is 5.45. The van der Waals surface area contributed by atoms with Gasteiger partial charge in [0.25, 0.3) is 15.9 Å². The van der Waals surface area contributed by atoms with Gasteiger partial charge in [0.05, 0.1) is 30.5 Å². The number of aromatic hydroxyl groups is 1. The predicted molar refractivity (Wildman–Crippen MR) is 113 cm³/mol. The lowest BCUT2D eigenvalue weighted by Crippen LogP contribution is -2.34. The van der Waals surface area contributed by atoms with Gasteiger partial charge < -0.3 is 14.3 Å². The fraction of sp³-hybridized carbons (Fsp3) is 0.0909. The quantitative estimate of drug-likeness (QED) is 0.603. The fourth-order valence-corrected chi connectivity index (χ4v) is 4.71. The zero-order valence-corrected chi connectivity index (χ0v) is 17.7. The maximum atomic E-state index is 13.5. The zero-order chi connectivity index (χ0) is 22.9. The Balaban J connectivity index is 1.91. The molecule has 9 nitrogen and oxygen atoms in total. The first-order valence-corrected chi connectivity index (χ1v) is 10.8. The Bertz CT molecular complexity index is 1300. The first kappa shape index (κ1) is 21.2. The molecule has 2 heterocycles. The summed E-state index contributed by atoms with van der Waals surface area (Å²) in [6, 6.07) is 14.6. The van der Waals surface area contributed by atoms with Crippen molar-refractivity contribution >= 4 is 27.6 Å². The van der Waals surface area contributed by atoms with Gasteiger partial charge in [-0.05, 0) is 48.0 Å². The largest absolute Gasteiger partial charge is 0.508 e. The van der Waals surface area contributed by atoms with Gasteiger partial charge in [0.1, 0.15) is 5.75 Å². The smallest absolute Gasteiger partial charge is 0.356 e. The topological polar surface area (TPSA) is 117 Å². The van der Waals surface area contributed by atoms with E-state index < -0.39 is 21.9 Å². The number of furan rings is 1. The molecule has 1 amide bonds. The van der Waals surface area contributed by atoms with Crippen LogP contribution in [0.2, 0.25) is 0 Å². The molecular weight excluding hydrogens is 436 g/mol. The van der Waals surface area contributed by atoms with Crippen molar-refractivity contribution in [1.82, 2.24) is 4.31 Å². The SMILES string of the molecule is COC(=O)C1=CN(C(=O)c2ccco2)c2ccccc2CN1S(=O)(=O)c1ccc(O)cc1. The summed E-state index contributed by atoms with van der Waals surface area (Å²) in [5, 5.41) is 9.53. The molecule has 0 saturated heterocycles. The van der Waals surface area contributed by atoms with Gasteiger partial charge in [-0.3, -0.25) is 14.0 Å². The van der Waals surface area contributed by atoms with Crippen molar-refractivity contribution in [2.24, 2.45) is 0 Å². The summed E-state index contributed by atoms with van der Waals surface area (Å²) in [6.45, 7) is -0.234. The Morgan fingerprint density at radius 1 is 1.03 bits per heavy atom. The lowest BCUT2D eigenvalue weighted by Gasteiger charge is -2.24. The first-order valence-electron chi connectivity index (χ1n) is 9.40. The molecular formula is C22H18N2O7S. The molecule has 164 valence electrons. The normalized spacial score (nSPS) is 13.7. The Morgan fingerprint density at radius 2 is 1.75 bits per heavy atom. The van der Waals surface area contributed by atoms with Crippen LogP contribution in [-0.4, -0.2) is 36.8 Å². The summed E-state index contributed by atoms with van der Waals surface area (Å²) in [6.07, 6.45) is 2.46. The van der Waals surface area contributed by atoms with Gasteiger partial charge in [-0.1, -0.05) is 18.2 Å². The van der Waals surface area contributed by atoms with Gasteiger partial charge in [0.15, 0.2) is 11.5 Å². The van der Waals surface area contributed by atoms with Crippen molar-refractivity contribution in [3.63, 3.8) is 0 Å². The minimum atomic E-state index is -4.26. The van der Waals surface area contributed by atoms with Crippen LogP contribution >= 0.6 is 0 Å². The maximum Gasteiger partial charge on any atom is 0.356 e. The number of para-hydroxylation sites is 1. The number of phenolic OH excluding ortho intramolecular Hbond substituents is 1. The number of anilines is 1. The molecule has 3 aromatic rings. The highest BCUT2D eigenvalue weighted by Crippen LogP contribution is 2.33. The van der Waals surface area contributed by atoms with Gasteiger partial charge in [-0.25, -0.2) is 13.2 Å². The van der Waals surface area contributed by atoms with Crippen LogP contribution in [0, 0.1) is 0 Å². The summed E-state index contributed by atoms with van der Waals surface area (Å²) in [7, 11) is -3.14. The molecule has 0 spiro atoms. The monoisotopic (exact) mass is 454 g/mol. The first-order chi connectivity index (χ1) is 15.3. The van der Waals surface area contributed by atoms with E-state index in [9.17, 15) is 23.1 Å². The number of benzene rings is 2. The molecule has 0 fully saturated rings. The number of fused-ring (bicyclic) bond motifs is 1. The van der Waals surface area contributed by atoms with Crippen LogP contribution in [0.15, 0.2) is 88.1 Å².